The van der Waals surface area contributed by atoms with E-state index in [-0.39, 0.29) is 22.3 Å². The van der Waals surface area contributed by atoms with Crippen molar-refractivity contribution >= 4 is 35.2 Å². The van der Waals surface area contributed by atoms with Crippen LogP contribution in [0.25, 0.3) is 0 Å². The molecule has 0 radical (unpaired) electrons. The van der Waals surface area contributed by atoms with Gasteiger partial charge >= 0.3 is 5.97 Å². The van der Waals surface area contributed by atoms with Crippen LogP contribution in [-0.4, -0.2) is 44.9 Å². The average Bonchev–Trinajstić information content (AvgIpc) is 2.86. The van der Waals surface area contributed by atoms with Crippen LogP contribution in [0, 0.1) is 17.2 Å². The Hall–Kier alpha value is -3.97. The molecule has 2 aromatic rings. The Labute approximate surface area is 201 Å². The van der Waals surface area contributed by atoms with Gasteiger partial charge in [0.05, 0.1) is 43.8 Å². The van der Waals surface area contributed by atoms with E-state index < -0.39 is 23.7 Å². The minimum atomic E-state index is -1.25. The molecule has 3 rings (SSSR count). The normalized spacial score (nSPS) is 17.3. The number of benzene rings is 2. The van der Waals surface area contributed by atoms with Gasteiger partial charge in [0.1, 0.15) is 17.4 Å². The van der Waals surface area contributed by atoms with Gasteiger partial charge in [-0.15, -0.1) is 0 Å². The van der Waals surface area contributed by atoms with E-state index >= 15 is 0 Å². The molecule has 176 valence electrons. The summed E-state index contributed by atoms with van der Waals surface area (Å²) in [6.45, 7) is 0. The van der Waals surface area contributed by atoms with Crippen LogP contribution in [0.5, 0.6) is 11.5 Å². The van der Waals surface area contributed by atoms with E-state index in [0.717, 1.165) is 11.8 Å². The molecule has 0 spiro atoms. The highest BCUT2D eigenvalue weighted by Crippen LogP contribution is 2.40. The summed E-state index contributed by atoms with van der Waals surface area (Å²) in [4.78, 5) is 37.8. The molecule has 2 aromatic carbocycles. The highest BCUT2D eigenvalue weighted by molar-refractivity contribution is 8.03. The minimum Gasteiger partial charge on any atom is -0.497 e. The zero-order chi connectivity index (χ0) is 24.7. The van der Waals surface area contributed by atoms with Crippen molar-refractivity contribution < 1.29 is 28.6 Å². The first-order valence-electron chi connectivity index (χ1n) is 10.2. The number of hydrogen-bond acceptors (Lipinski definition) is 8. The number of ether oxygens (including phenoxy) is 3. The second-order valence-corrected chi connectivity index (χ2v) is 8.15. The molecule has 0 bridgehead atoms. The molecule has 1 heterocycles. The van der Waals surface area contributed by atoms with E-state index in [2.05, 4.69) is 16.7 Å². The van der Waals surface area contributed by atoms with Crippen LogP contribution in [0.4, 0.5) is 5.69 Å². The molecule has 0 aliphatic carbocycles. The van der Waals surface area contributed by atoms with E-state index in [1.165, 1.54) is 21.3 Å². The number of methoxy groups -OCH3 is 3. The summed E-state index contributed by atoms with van der Waals surface area (Å²) in [7, 11) is 4.23. The van der Waals surface area contributed by atoms with Crippen molar-refractivity contribution in [3.63, 3.8) is 0 Å². The van der Waals surface area contributed by atoms with Gasteiger partial charge in [0.15, 0.2) is 0 Å². The van der Waals surface area contributed by atoms with E-state index in [9.17, 15) is 19.6 Å². The van der Waals surface area contributed by atoms with Gasteiger partial charge in [0.25, 0.3) is 0 Å². The number of nitrogens with one attached hydrogen (secondary N) is 2. The lowest BCUT2D eigenvalue weighted by Gasteiger charge is -2.31. The molecule has 0 fully saturated rings. The largest absolute Gasteiger partial charge is 0.497 e. The molecule has 2 atom stereocenters. The van der Waals surface area contributed by atoms with Crippen molar-refractivity contribution in [1.82, 2.24) is 5.32 Å². The lowest BCUT2D eigenvalue weighted by molar-refractivity contribution is -0.150. The standard InChI is InChI=1S/C24H23N3O6S/c1-31-16-9-7-14(8-10-16)20-18(12-25)23(27-22(29)21(20)24(30)33-3)34-13-19(28)26-15-5-4-6-17(11-15)32-2/h4-11,20-21H,13H2,1-3H3,(H,26,28)(H,27,29)/t20-,21+/m0/s1. The molecule has 10 heteroatoms. The third-order valence-electron chi connectivity index (χ3n) is 5.16. The quantitative estimate of drug-likeness (QED) is 0.435. The van der Waals surface area contributed by atoms with Crippen molar-refractivity contribution in [2.75, 3.05) is 32.4 Å². The number of amides is 2. The lowest BCUT2D eigenvalue weighted by Crippen LogP contribution is -2.44. The van der Waals surface area contributed by atoms with Crippen LogP contribution >= 0.6 is 11.8 Å². The number of hydrogen-bond donors (Lipinski definition) is 2. The fourth-order valence-corrected chi connectivity index (χ4v) is 4.37. The van der Waals surface area contributed by atoms with Crippen LogP contribution in [-0.2, 0) is 19.1 Å². The van der Waals surface area contributed by atoms with Crippen molar-refractivity contribution in [3.05, 3.63) is 64.7 Å². The molecule has 2 amide bonds. The Morgan fingerprint density at radius 3 is 2.41 bits per heavy atom. The van der Waals surface area contributed by atoms with Gasteiger partial charge in [-0.2, -0.15) is 5.26 Å². The molecule has 1 aliphatic heterocycles. The Bertz CT molecular complexity index is 1160. The van der Waals surface area contributed by atoms with Gasteiger partial charge < -0.3 is 24.8 Å². The smallest absolute Gasteiger partial charge is 0.319 e. The molecule has 0 saturated heterocycles. The van der Waals surface area contributed by atoms with Gasteiger partial charge in [0.2, 0.25) is 11.8 Å². The zero-order valence-electron chi connectivity index (χ0n) is 18.8. The highest BCUT2D eigenvalue weighted by atomic mass is 32.2. The SMILES string of the molecule is COC(=O)[C@H]1C(=O)NC(SCC(=O)Nc2cccc(OC)c2)=C(C#N)[C@@H]1c1ccc(OC)cc1. The van der Waals surface area contributed by atoms with Crippen LogP contribution in [0.2, 0.25) is 0 Å². The second-order valence-electron chi connectivity index (χ2n) is 7.16. The first-order chi connectivity index (χ1) is 16.4. The fraction of sp³-hybridized carbons (Fsp3) is 0.250. The highest BCUT2D eigenvalue weighted by Gasteiger charge is 2.44. The van der Waals surface area contributed by atoms with Crippen molar-refractivity contribution in [3.8, 4) is 17.6 Å². The number of carbonyl (C=O) groups excluding carboxylic acids is 3. The monoisotopic (exact) mass is 481 g/mol. The molecule has 0 aromatic heterocycles. The number of thioether (sulfide) groups is 1. The molecule has 34 heavy (non-hydrogen) atoms. The Balaban J connectivity index is 1.87. The van der Waals surface area contributed by atoms with Gasteiger partial charge in [-0.25, -0.2) is 0 Å². The Morgan fingerprint density at radius 1 is 1.09 bits per heavy atom. The van der Waals surface area contributed by atoms with E-state index in [0.29, 0.717) is 22.7 Å². The Morgan fingerprint density at radius 2 is 1.79 bits per heavy atom. The maximum atomic E-state index is 12.9. The fourth-order valence-electron chi connectivity index (χ4n) is 3.53. The maximum Gasteiger partial charge on any atom is 0.319 e. The van der Waals surface area contributed by atoms with Crippen LogP contribution in [0.1, 0.15) is 11.5 Å². The topological polar surface area (TPSA) is 127 Å². The summed E-state index contributed by atoms with van der Waals surface area (Å²) in [6, 6.07) is 15.7. The number of anilines is 1. The summed E-state index contributed by atoms with van der Waals surface area (Å²) in [6.07, 6.45) is 0. The summed E-state index contributed by atoms with van der Waals surface area (Å²) in [5, 5.41) is 15.5. The van der Waals surface area contributed by atoms with Crippen LogP contribution in [0.15, 0.2) is 59.1 Å². The van der Waals surface area contributed by atoms with Crippen molar-refractivity contribution in [2.45, 2.75) is 5.92 Å². The molecule has 0 saturated carbocycles. The third-order valence-corrected chi connectivity index (χ3v) is 6.18. The van der Waals surface area contributed by atoms with E-state index in [1.54, 1.807) is 48.5 Å². The average molecular weight is 482 g/mol. The summed E-state index contributed by atoms with van der Waals surface area (Å²) < 4.78 is 15.1. The summed E-state index contributed by atoms with van der Waals surface area (Å²) in [5.74, 6) is -2.72. The maximum absolute atomic E-state index is 12.9. The first kappa shape index (κ1) is 24.7. The predicted molar refractivity (Wildman–Crippen MR) is 126 cm³/mol. The number of esters is 1. The molecular formula is C24H23N3O6S. The predicted octanol–water partition coefficient (Wildman–Crippen LogP) is 2.81. The number of nitrogens with zero attached hydrogens (tertiary/aromatic N) is 1. The van der Waals surface area contributed by atoms with Crippen molar-refractivity contribution in [2.24, 2.45) is 5.92 Å². The van der Waals surface area contributed by atoms with Gasteiger partial charge in [-0.1, -0.05) is 30.0 Å². The summed E-state index contributed by atoms with van der Waals surface area (Å²) in [5.41, 5.74) is 1.29. The van der Waals surface area contributed by atoms with Crippen LogP contribution in [0.3, 0.4) is 0 Å². The molecule has 9 nitrogen and oxygen atoms in total. The number of allylic oxidation sites excluding steroid dienone is 1. The number of rotatable bonds is 8. The molecule has 2 N–H and O–H groups in total. The third kappa shape index (κ3) is 5.50. The minimum absolute atomic E-state index is 0.0732. The lowest BCUT2D eigenvalue weighted by atomic mass is 9.78. The Kier molecular flexibility index (Phi) is 8.16. The van der Waals surface area contributed by atoms with Gasteiger partial charge in [-0.3, -0.25) is 14.4 Å². The van der Waals surface area contributed by atoms with E-state index in [1.807, 2.05) is 0 Å². The van der Waals surface area contributed by atoms with Gasteiger partial charge in [0, 0.05) is 17.7 Å². The van der Waals surface area contributed by atoms with Crippen molar-refractivity contribution in [1.29, 1.82) is 5.26 Å². The molecular weight excluding hydrogens is 458 g/mol. The number of carbonyl (C=O) groups is 3. The number of nitriles is 1. The van der Waals surface area contributed by atoms with Crippen LogP contribution < -0.4 is 20.1 Å². The van der Waals surface area contributed by atoms with E-state index in [4.69, 9.17) is 14.2 Å². The summed E-state index contributed by atoms with van der Waals surface area (Å²) >= 11 is 1.00. The second kappa shape index (κ2) is 11.2. The molecule has 1 aliphatic rings. The van der Waals surface area contributed by atoms with Gasteiger partial charge in [-0.05, 0) is 29.8 Å². The first-order valence-corrected chi connectivity index (χ1v) is 11.1. The zero-order valence-corrected chi connectivity index (χ0v) is 19.6. The molecule has 0 unspecified atom stereocenters.